The van der Waals surface area contributed by atoms with Gasteiger partial charge in [0.15, 0.2) is 5.82 Å². The second-order valence-electron chi connectivity index (χ2n) is 6.84. The zero-order chi connectivity index (χ0) is 20.4. The third-order valence-electron chi connectivity index (χ3n) is 4.81. The van der Waals surface area contributed by atoms with Gasteiger partial charge < -0.3 is 20.6 Å². The standard InChI is InChI=1S/C22H21ClN4O2/c1-2-16(24)11-25-22-18(13-3-6-20-14(9-13)7-8-29-20)12-26-21(27-22)17-10-15(23)4-5-19(17)28/h3-10,12,16,28H,2,11,24H2,1H3,(H,25,26,27)/t16-/m1/s1. The number of anilines is 1. The maximum Gasteiger partial charge on any atom is 0.165 e. The molecule has 1 atom stereocenters. The summed E-state index contributed by atoms with van der Waals surface area (Å²) in [5, 5.41) is 15.1. The molecule has 0 aliphatic carbocycles. The van der Waals surface area contributed by atoms with Crippen molar-refractivity contribution in [2.75, 3.05) is 11.9 Å². The lowest BCUT2D eigenvalue weighted by Crippen LogP contribution is -2.28. The Morgan fingerprint density at radius 3 is 2.86 bits per heavy atom. The smallest absolute Gasteiger partial charge is 0.165 e. The summed E-state index contributed by atoms with van der Waals surface area (Å²) >= 11 is 6.09. The number of nitrogens with one attached hydrogen (secondary N) is 1. The van der Waals surface area contributed by atoms with Crippen molar-refractivity contribution in [1.82, 2.24) is 9.97 Å². The number of rotatable bonds is 6. The number of halogens is 1. The van der Waals surface area contributed by atoms with E-state index in [9.17, 15) is 5.11 Å². The third-order valence-corrected chi connectivity index (χ3v) is 5.04. The molecular weight excluding hydrogens is 388 g/mol. The van der Waals surface area contributed by atoms with Crippen LogP contribution in [0.4, 0.5) is 5.82 Å². The number of phenolic OH excluding ortho intramolecular Hbond substituents is 1. The largest absolute Gasteiger partial charge is 0.507 e. The third kappa shape index (κ3) is 4.04. The van der Waals surface area contributed by atoms with Gasteiger partial charge >= 0.3 is 0 Å². The average molecular weight is 409 g/mol. The van der Waals surface area contributed by atoms with E-state index in [1.165, 1.54) is 6.07 Å². The molecule has 0 spiro atoms. The molecule has 0 bridgehead atoms. The fourth-order valence-corrected chi connectivity index (χ4v) is 3.22. The SMILES string of the molecule is CC[C@@H](N)CNc1nc(-c2cc(Cl)ccc2O)ncc1-c1ccc2occc2c1. The predicted octanol–water partition coefficient (Wildman–Crippen LogP) is 5.07. The van der Waals surface area contributed by atoms with Crippen molar-refractivity contribution >= 4 is 28.4 Å². The highest BCUT2D eigenvalue weighted by Gasteiger charge is 2.15. The molecule has 4 N–H and O–H groups in total. The van der Waals surface area contributed by atoms with Crippen molar-refractivity contribution in [2.45, 2.75) is 19.4 Å². The number of furan rings is 1. The molecule has 0 amide bonds. The first-order chi connectivity index (χ1) is 14.0. The highest BCUT2D eigenvalue weighted by molar-refractivity contribution is 6.30. The summed E-state index contributed by atoms with van der Waals surface area (Å²) in [7, 11) is 0. The van der Waals surface area contributed by atoms with E-state index in [-0.39, 0.29) is 11.8 Å². The summed E-state index contributed by atoms with van der Waals surface area (Å²) in [6.45, 7) is 2.60. The van der Waals surface area contributed by atoms with Crippen LogP contribution in [0.2, 0.25) is 5.02 Å². The second kappa shape index (κ2) is 8.11. The topological polar surface area (TPSA) is 97.2 Å². The quantitative estimate of drug-likeness (QED) is 0.412. The minimum Gasteiger partial charge on any atom is -0.507 e. The van der Waals surface area contributed by atoms with Crippen LogP contribution in [0.25, 0.3) is 33.5 Å². The Kier molecular flexibility index (Phi) is 5.38. The lowest BCUT2D eigenvalue weighted by molar-refractivity contribution is 0.477. The van der Waals surface area contributed by atoms with Gasteiger partial charge in [0.1, 0.15) is 17.2 Å². The van der Waals surface area contributed by atoms with E-state index >= 15 is 0 Å². The monoisotopic (exact) mass is 408 g/mol. The van der Waals surface area contributed by atoms with Crippen molar-refractivity contribution in [3.8, 4) is 28.3 Å². The zero-order valence-corrected chi connectivity index (χ0v) is 16.6. The number of nitrogens with zero attached hydrogens (tertiary/aromatic N) is 2. The molecule has 0 aliphatic heterocycles. The van der Waals surface area contributed by atoms with Crippen LogP contribution >= 0.6 is 11.6 Å². The molecule has 0 saturated carbocycles. The number of phenols is 1. The van der Waals surface area contributed by atoms with Gasteiger partial charge in [0, 0.05) is 34.8 Å². The van der Waals surface area contributed by atoms with Crippen LogP contribution in [0.3, 0.4) is 0 Å². The van der Waals surface area contributed by atoms with E-state index < -0.39 is 0 Å². The molecule has 4 rings (SSSR count). The molecule has 0 fully saturated rings. The Bertz CT molecular complexity index is 1160. The summed E-state index contributed by atoms with van der Waals surface area (Å²) in [4.78, 5) is 9.15. The Morgan fingerprint density at radius 2 is 2.03 bits per heavy atom. The lowest BCUT2D eigenvalue weighted by Gasteiger charge is -2.15. The molecule has 0 unspecified atom stereocenters. The molecule has 6 nitrogen and oxygen atoms in total. The zero-order valence-electron chi connectivity index (χ0n) is 15.9. The second-order valence-corrected chi connectivity index (χ2v) is 7.28. The fourth-order valence-electron chi connectivity index (χ4n) is 3.05. The number of aromatic hydroxyl groups is 1. The highest BCUT2D eigenvalue weighted by Crippen LogP contribution is 2.34. The molecule has 148 valence electrons. The molecule has 0 aliphatic rings. The highest BCUT2D eigenvalue weighted by atomic mass is 35.5. The number of hydrogen-bond acceptors (Lipinski definition) is 6. The van der Waals surface area contributed by atoms with Crippen molar-refractivity contribution in [1.29, 1.82) is 0 Å². The van der Waals surface area contributed by atoms with E-state index in [0.717, 1.165) is 28.5 Å². The molecule has 0 saturated heterocycles. The molecule has 0 radical (unpaired) electrons. The minimum absolute atomic E-state index is 0.00260. The summed E-state index contributed by atoms with van der Waals surface area (Å²) in [5.74, 6) is 1.09. The van der Waals surface area contributed by atoms with Crippen molar-refractivity contribution in [3.63, 3.8) is 0 Å². The van der Waals surface area contributed by atoms with E-state index in [4.69, 9.17) is 21.8 Å². The lowest BCUT2D eigenvalue weighted by atomic mass is 10.1. The normalized spacial score (nSPS) is 12.2. The van der Waals surface area contributed by atoms with Gasteiger partial charge in [0.2, 0.25) is 0 Å². The maximum atomic E-state index is 10.2. The predicted molar refractivity (Wildman–Crippen MR) is 116 cm³/mol. The van der Waals surface area contributed by atoms with Crippen molar-refractivity contribution in [2.24, 2.45) is 5.73 Å². The van der Waals surface area contributed by atoms with Crippen LogP contribution in [0.15, 0.2) is 59.3 Å². The maximum absolute atomic E-state index is 10.2. The molecule has 4 aromatic rings. The molecule has 2 aromatic heterocycles. The summed E-state index contributed by atoms with van der Waals surface area (Å²) in [6.07, 6.45) is 4.25. The van der Waals surface area contributed by atoms with Gasteiger partial charge in [-0.1, -0.05) is 24.6 Å². The first kappa shape index (κ1) is 19.2. The van der Waals surface area contributed by atoms with Crippen LogP contribution in [0.5, 0.6) is 5.75 Å². The fraction of sp³-hybridized carbons (Fsp3) is 0.182. The van der Waals surface area contributed by atoms with Crippen molar-refractivity contribution in [3.05, 3.63) is 59.9 Å². The van der Waals surface area contributed by atoms with Crippen molar-refractivity contribution < 1.29 is 9.52 Å². The van der Waals surface area contributed by atoms with E-state index in [2.05, 4.69) is 15.3 Å². The Morgan fingerprint density at radius 1 is 1.17 bits per heavy atom. The van der Waals surface area contributed by atoms with Crippen LogP contribution in [0, 0.1) is 0 Å². The van der Waals surface area contributed by atoms with Gasteiger partial charge in [0.25, 0.3) is 0 Å². The molecule has 7 heteroatoms. The van der Waals surface area contributed by atoms with Crippen LogP contribution in [-0.2, 0) is 0 Å². The van der Waals surface area contributed by atoms with E-state index in [0.29, 0.717) is 28.8 Å². The van der Waals surface area contributed by atoms with Gasteiger partial charge in [-0.3, -0.25) is 0 Å². The summed E-state index contributed by atoms with van der Waals surface area (Å²) in [5.41, 5.74) is 9.16. The van der Waals surface area contributed by atoms with Gasteiger partial charge in [-0.05, 0) is 48.4 Å². The number of fused-ring (bicyclic) bond motifs is 1. The van der Waals surface area contributed by atoms with Gasteiger partial charge in [-0.15, -0.1) is 0 Å². The van der Waals surface area contributed by atoms with Crippen LogP contribution < -0.4 is 11.1 Å². The van der Waals surface area contributed by atoms with Gasteiger partial charge in [0.05, 0.1) is 11.8 Å². The number of hydrogen-bond donors (Lipinski definition) is 3. The number of aromatic nitrogens is 2. The Hall–Kier alpha value is -3.09. The molecular formula is C22H21ClN4O2. The first-order valence-electron chi connectivity index (χ1n) is 9.38. The molecule has 2 heterocycles. The summed E-state index contributed by atoms with van der Waals surface area (Å²) in [6, 6.07) is 12.6. The minimum atomic E-state index is -0.00260. The Labute approximate surface area is 173 Å². The van der Waals surface area contributed by atoms with Crippen LogP contribution in [0.1, 0.15) is 13.3 Å². The Balaban J connectivity index is 1.80. The van der Waals surface area contributed by atoms with E-state index in [1.54, 1.807) is 24.6 Å². The van der Waals surface area contributed by atoms with Gasteiger partial charge in [-0.25, -0.2) is 9.97 Å². The van der Waals surface area contributed by atoms with Crippen LogP contribution in [-0.4, -0.2) is 27.7 Å². The summed E-state index contributed by atoms with van der Waals surface area (Å²) < 4.78 is 5.43. The first-order valence-corrected chi connectivity index (χ1v) is 9.76. The van der Waals surface area contributed by atoms with Gasteiger partial charge in [-0.2, -0.15) is 0 Å². The number of benzene rings is 2. The molecule has 29 heavy (non-hydrogen) atoms. The molecule has 2 aromatic carbocycles. The average Bonchev–Trinajstić information content (AvgIpc) is 3.21. The van der Waals surface area contributed by atoms with E-state index in [1.807, 2.05) is 31.2 Å². The number of nitrogens with two attached hydrogens (primary N) is 1.